The van der Waals surface area contributed by atoms with Crippen LogP contribution in [0, 0.1) is 0 Å². The van der Waals surface area contributed by atoms with Crippen molar-refractivity contribution in [3.05, 3.63) is 65.6 Å². The van der Waals surface area contributed by atoms with E-state index in [0.717, 1.165) is 12.3 Å². The third-order valence-electron chi connectivity index (χ3n) is 3.83. The van der Waals surface area contributed by atoms with Gasteiger partial charge in [-0.25, -0.2) is 4.98 Å². The fourth-order valence-corrected chi connectivity index (χ4v) is 2.50. The van der Waals surface area contributed by atoms with Gasteiger partial charge in [0.25, 0.3) is 5.91 Å². The maximum atomic E-state index is 12.7. The van der Waals surface area contributed by atoms with E-state index in [4.69, 9.17) is 4.74 Å². The molecule has 26 heavy (non-hydrogen) atoms. The number of rotatable bonds is 5. The van der Waals surface area contributed by atoms with Crippen molar-refractivity contribution < 1.29 is 22.7 Å². The summed E-state index contributed by atoms with van der Waals surface area (Å²) in [5.74, 6) is 0.325. The number of alkyl halides is 3. The SMILES string of the molecule is COc1cccc(C(=O)NCCc2cn3cc(C(F)(F)F)ccc3n2)c1. The van der Waals surface area contributed by atoms with Crippen LogP contribution in [0.3, 0.4) is 0 Å². The number of nitrogens with zero attached hydrogens (tertiary/aromatic N) is 2. The minimum atomic E-state index is -4.40. The molecule has 8 heteroatoms. The highest BCUT2D eigenvalue weighted by Crippen LogP contribution is 2.29. The number of fused-ring (bicyclic) bond motifs is 1. The lowest BCUT2D eigenvalue weighted by atomic mass is 10.2. The molecule has 0 saturated heterocycles. The Labute approximate surface area is 147 Å². The summed E-state index contributed by atoms with van der Waals surface area (Å²) in [5.41, 5.74) is 0.747. The average Bonchev–Trinajstić information content (AvgIpc) is 3.02. The third kappa shape index (κ3) is 3.96. The third-order valence-corrected chi connectivity index (χ3v) is 3.83. The van der Waals surface area contributed by atoms with Gasteiger partial charge < -0.3 is 14.5 Å². The Balaban J connectivity index is 1.63. The van der Waals surface area contributed by atoms with E-state index in [9.17, 15) is 18.0 Å². The molecule has 0 spiro atoms. The van der Waals surface area contributed by atoms with Crippen LogP contribution < -0.4 is 10.1 Å². The molecule has 0 aliphatic carbocycles. The van der Waals surface area contributed by atoms with Gasteiger partial charge in [-0.15, -0.1) is 0 Å². The Bertz CT molecular complexity index is 935. The number of carbonyl (C=O) groups excluding carboxylic acids is 1. The number of hydrogen-bond donors (Lipinski definition) is 1. The smallest absolute Gasteiger partial charge is 0.417 e. The van der Waals surface area contributed by atoms with Gasteiger partial charge in [-0.3, -0.25) is 4.79 Å². The van der Waals surface area contributed by atoms with Gasteiger partial charge in [0.1, 0.15) is 11.4 Å². The fourth-order valence-electron chi connectivity index (χ4n) is 2.50. The summed E-state index contributed by atoms with van der Waals surface area (Å²) < 4.78 is 44.6. The number of aromatic nitrogens is 2. The van der Waals surface area contributed by atoms with E-state index >= 15 is 0 Å². The number of nitrogens with one attached hydrogen (secondary N) is 1. The largest absolute Gasteiger partial charge is 0.497 e. The Morgan fingerprint density at radius 3 is 2.77 bits per heavy atom. The molecule has 0 unspecified atom stereocenters. The average molecular weight is 363 g/mol. The summed E-state index contributed by atoms with van der Waals surface area (Å²) in [5, 5.41) is 2.75. The maximum Gasteiger partial charge on any atom is 0.417 e. The number of pyridine rings is 1. The molecule has 3 rings (SSSR count). The van der Waals surface area contributed by atoms with E-state index in [1.54, 1.807) is 24.3 Å². The number of hydrogen-bond acceptors (Lipinski definition) is 3. The summed E-state index contributed by atoms with van der Waals surface area (Å²) >= 11 is 0. The first-order valence-corrected chi connectivity index (χ1v) is 7.84. The van der Waals surface area contributed by atoms with Crippen molar-refractivity contribution in [3.8, 4) is 5.75 Å². The minimum absolute atomic E-state index is 0.257. The maximum absolute atomic E-state index is 12.7. The Hall–Kier alpha value is -3.03. The summed E-state index contributed by atoms with van der Waals surface area (Å²) in [6.07, 6.45) is -1.47. The second-order valence-corrected chi connectivity index (χ2v) is 5.65. The molecule has 0 radical (unpaired) electrons. The van der Waals surface area contributed by atoms with Crippen molar-refractivity contribution in [1.29, 1.82) is 0 Å². The summed E-state index contributed by atoms with van der Waals surface area (Å²) in [6.45, 7) is 0.312. The zero-order valence-electron chi connectivity index (χ0n) is 13.9. The van der Waals surface area contributed by atoms with Crippen LogP contribution in [0.4, 0.5) is 13.2 Å². The lowest BCUT2D eigenvalue weighted by Gasteiger charge is -2.06. The van der Waals surface area contributed by atoms with E-state index in [1.807, 2.05) is 0 Å². The quantitative estimate of drug-likeness (QED) is 0.757. The summed E-state index contributed by atoms with van der Waals surface area (Å²) in [6, 6.07) is 9.06. The second-order valence-electron chi connectivity index (χ2n) is 5.65. The number of benzene rings is 1. The fraction of sp³-hybridized carbons (Fsp3) is 0.222. The zero-order valence-corrected chi connectivity index (χ0v) is 13.9. The molecule has 0 fully saturated rings. The second kappa shape index (κ2) is 7.07. The van der Waals surface area contributed by atoms with Gasteiger partial charge in [-0.05, 0) is 30.3 Å². The number of halogens is 3. The molecule has 2 heterocycles. The predicted molar refractivity (Wildman–Crippen MR) is 89.2 cm³/mol. The zero-order chi connectivity index (χ0) is 18.7. The first-order valence-electron chi connectivity index (χ1n) is 7.84. The van der Waals surface area contributed by atoms with E-state index in [1.165, 1.54) is 23.8 Å². The molecule has 0 atom stereocenters. The van der Waals surface area contributed by atoms with E-state index in [-0.39, 0.29) is 5.91 Å². The van der Waals surface area contributed by atoms with E-state index < -0.39 is 11.7 Å². The van der Waals surface area contributed by atoms with Crippen molar-refractivity contribution in [1.82, 2.24) is 14.7 Å². The van der Waals surface area contributed by atoms with Crippen molar-refractivity contribution in [3.63, 3.8) is 0 Å². The molecule has 136 valence electrons. The van der Waals surface area contributed by atoms with Crippen LogP contribution in [0.15, 0.2) is 48.8 Å². The number of methoxy groups -OCH3 is 1. The molecule has 2 aromatic heterocycles. The predicted octanol–water partition coefficient (Wildman–Crippen LogP) is 3.33. The van der Waals surface area contributed by atoms with Crippen LogP contribution in [-0.2, 0) is 12.6 Å². The minimum Gasteiger partial charge on any atom is -0.497 e. The first-order chi connectivity index (χ1) is 12.4. The molecule has 0 saturated carbocycles. The Morgan fingerprint density at radius 1 is 1.23 bits per heavy atom. The molecule has 5 nitrogen and oxygen atoms in total. The summed E-state index contributed by atoms with van der Waals surface area (Å²) in [4.78, 5) is 16.4. The van der Waals surface area contributed by atoms with E-state index in [2.05, 4.69) is 10.3 Å². The van der Waals surface area contributed by atoms with Crippen molar-refractivity contribution in [2.45, 2.75) is 12.6 Å². The topological polar surface area (TPSA) is 55.6 Å². The molecule has 0 bridgehead atoms. The molecule has 1 N–H and O–H groups in total. The number of imidazole rings is 1. The Morgan fingerprint density at radius 2 is 2.04 bits per heavy atom. The highest BCUT2D eigenvalue weighted by molar-refractivity contribution is 5.94. The molecular weight excluding hydrogens is 347 g/mol. The van der Waals surface area contributed by atoms with Gasteiger partial charge in [0.15, 0.2) is 0 Å². The lowest BCUT2D eigenvalue weighted by molar-refractivity contribution is -0.137. The molecule has 0 aliphatic rings. The highest BCUT2D eigenvalue weighted by Gasteiger charge is 2.30. The van der Waals surface area contributed by atoms with Gasteiger partial charge in [-0.2, -0.15) is 13.2 Å². The first kappa shape index (κ1) is 17.8. The number of carbonyl (C=O) groups is 1. The number of amides is 1. The van der Waals surface area contributed by atoms with E-state index in [0.29, 0.717) is 35.6 Å². The van der Waals surface area contributed by atoms with Crippen molar-refractivity contribution >= 4 is 11.6 Å². The van der Waals surface area contributed by atoms with Gasteiger partial charge >= 0.3 is 6.18 Å². The monoisotopic (exact) mass is 363 g/mol. The molecule has 0 aliphatic heterocycles. The molecular formula is C18H16F3N3O2. The van der Waals surface area contributed by atoms with Gasteiger partial charge in [0.05, 0.1) is 18.4 Å². The van der Waals surface area contributed by atoms with Crippen LogP contribution >= 0.6 is 0 Å². The van der Waals surface area contributed by atoms with Gasteiger partial charge in [-0.1, -0.05) is 6.07 Å². The van der Waals surface area contributed by atoms with Crippen molar-refractivity contribution in [2.75, 3.05) is 13.7 Å². The lowest BCUT2D eigenvalue weighted by Crippen LogP contribution is -2.25. The molecule has 1 aromatic carbocycles. The van der Waals surface area contributed by atoms with Crippen LogP contribution in [0.2, 0.25) is 0 Å². The molecule has 3 aromatic rings. The molecule has 1 amide bonds. The van der Waals surface area contributed by atoms with Crippen LogP contribution in [0.5, 0.6) is 5.75 Å². The van der Waals surface area contributed by atoms with Crippen LogP contribution in [0.1, 0.15) is 21.6 Å². The van der Waals surface area contributed by atoms with Crippen LogP contribution in [-0.4, -0.2) is 28.9 Å². The normalized spacial score (nSPS) is 11.5. The number of ether oxygens (including phenoxy) is 1. The van der Waals surface area contributed by atoms with Gasteiger partial charge in [0, 0.05) is 30.9 Å². The van der Waals surface area contributed by atoms with Crippen molar-refractivity contribution in [2.24, 2.45) is 0 Å². The van der Waals surface area contributed by atoms with Crippen LogP contribution in [0.25, 0.3) is 5.65 Å². The van der Waals surface area contributed by atoms with Gasteiger partial charge in [0.2, 0.25) is 0 Å². The highest BCUT2D eigenvalue weighted by atomic mass is 19.4. The standard InChI is InChI=1S/C18H16F3N3O2/c1-26-15-4-2-3-12(9-15)17(25)22-8-7-14-11-24-10-13(18(19,20)21)5-6-16(24)23-14/h2-6,9-11H,7-8H2,1H3,(H,22,25). The summed E-state index contributed by atoms with van der Waals surface area (Å²) in [7, 11) is 1.52. The Kier molecular flexibility index (Phi) is 4.83.